The lowest BCUT2D eigenvalue weighted by atomic mass is 10.2. The number of rotatable bonds is 4. The minimum Gasteiger partial charge on any atom is -0.325 e. The van der Waals surface area contributed by atoms with Crippen LogP contribution >= 0.6 is 23.4 Å². The predicted octanol–water partition coefficient (Wildman–Crippen LogP) is 4.03. The van der Waals surface area contributed by atoms with Crippen molar-refractivity contribution in [2.75, 3.05) is 11.1 Å². The Balaban J connectivity index is 1.66. The number of amides is 1. The number of halogens is 1. The number of imidazole rings is 1. The third kappa shape index (κ3) is 3.26. The Morgan fingerprint density at radius 3 is 3.09 bits per heavy atom. The summed E-state index contributed by atoms with van der Waals surface area (Å²) in [7, 11) is 0. The van der Waals surface area contributed by atoms with Crippen molar-refractivity contribution in [1.29, 1.82) is 0 Å². The molecule has 2 aromatic heterocycles. The summed E-state index contributed by atoms with van der Waals surface area (Å²) in [6, 6.07) is 11.3. The standard InChI is InChI=1S/C16H14ClN3OS/c1-11-5-6-12(17)8-14(11)19-15(21)10-22-16-18-9-13-4-2-3-7-20(13)16/h2-9H,10H2,1H3,(H,19,21). The molecule has 0 radical (unpaired) electrons. The number of carbonyl (C=O) groups is 1. The van der Waals surface area contributed by atoms with Crippen molar-refractivity contribution in [3.63, 3.8) is 0 Å². The fourth-order valence-electron chi connectivity index (χ4n) is 2.07. The van der Waals surface area contributed by atoms with Gasteiger partial charge < -0.3 is 5.32 Å². The van der Waals surface area contributed by atoms with Crippen molar-refractivity contribution in [3.05, 3.63) is 59.4 Å². The van der Waals surface area contributed by atoms with Crippen molar-refractivity contribution in [2.45, 2.75) is 12.1 Å². The molecule has 0 saturated carbocycles. The number of fused-ring (bicyclic) bond motifs is 1. The molecule has 0 bridgehead atoms. The summed E-state index contributed by atoms with van der Waals surface area (Å²) in [4.78, 5) is 16.4. The lowest BCUT2D eigenvalue weighted by Gasteiger charge is -2.08. The quantitative estimate of drug-likeness (QED) is 0.734. The van der Waals surface area contributed by atoms with Crippen LogP contribution in [0.1, 0.15) is 5.56 Å². The summed E-state index contributed by atoms with van der Waals surface area (Å²) < 4.78 is 1.96. The van der Waals surface area contributed by atoms with Gasteiger partial charge in [0.25, 0.3) is 0 Å². The molecule has 1 amide bonds. The number of benzene rings is 1. The molecular weight excluding hydrogens is 318 g/mol. The molecule has 0 aliphatic rings. The summed E-state index contributed by atoms with van der Waals surface area (Å²) in [6.07, 6.45) is 3.73. The van der Waals surface area contributed by atoms with Gasteiger partial charge >= 0.3 is 0 Å². The molecular formula is C16H14ClN3OS. The van der Waals surface area contributed by atoms with Gasteiger partial charge in [-0.05, 0) is 36.8 Å². The second kappa shape index (κ2) is 6.42. The van der Waals surface area contributed by atoms with Crippen LogP contribution in [0, 0.1) is 6.92 Å². The first-order valence-electron chi connectivity index (χ1n) is 6.74. The van der Waals surface area contributed by atoms with E-state index in [1.54, 1.807) is 18.3 Å². The minimum atomic E-state index is -0.0805. The fourth-order valence-corrected chi connectivity index (χ4v) is 3.01. The van der Waals surface area contributed by atoms with Crippen LogP contribution in [0.4, 0.5) is 5.69 Å². The predicted molar refractivity (Wildman–Crippen MR) is 90.7 cm³/mol. The number of aryl methyl sites for hydroxylation is 1. The number of thioether (sulfide) groups is 1. The van der Waals surface area contributed by atoms with E-state index in [0.29, 0.717) is 10.8 Å². The minimum absolute atomic E-state index is 0.0805. The molecule has 0 aliphatic heterocycles. The Morgan fingerprint density at radius 1 is 1.36 bits per heavy atom. The molecule has 2 heterocycles. The van der Waals surface area contributed by atoms with E-state index in [0.717, 1.165) is 21.9 Å². The highest BCUT2D eigenvalue weighted by Gasteiger charge is 2.09. The molecule has 3 rings (SSSR count). The Labute approximate surface area is 137 Å². The van der Waals surface area contributed by atoms with E-state index in [-0.39, 0.29) is 5.91 Å². The molecule has 1 aromatic carbocycles. The molecule has 0 atom stereocenters. The average Bonchev–Trinajstić information content (AvgIpc) is 2.92. The number of hydrogen-bond donors (Lipinski definition) is 1. The third-order valence-electron chi connectivity index (χ3n) is 3.21. The monoisotopic (exact) mass is 331 g/mol. The van der Waals surface area contributed by atoms with Crippen molar-refractivity contribution < 1.29 is 4.79 Å². The molecule has 4 nitrogen and oxygen atoms in total. The second-order valence-corrected chi connectivity index (χ2v) is 6.21. The summed E-state index contributed by atoms with van der Waals surface area (Å²) in [5, 5.41) is 4.28. The SMILES string of the molecule is Cc1ccc(Cl)cc1NC(=O)CSc1ncc2ccccn12. The maximum Gasteiger partial charge on any atom is 0.234 e. The number of anilines is 1. The van der Waals surface area contributed by atoms with Crippen molar-refractivity contribution in [3.8, 4) is 0 Å². The Bertz CT molecular complexity index is 831. The van der Waals surface area contributed by atoms with Crippen LogP contribution in [0.3, 0.4) is 0 Å². The highest BCUT2D eigenvalue weighted by Crippen LogP contribution is 2.22. The summed E-state index contributed by atoms with van der Waals surface area (Å²) in [5.41, 5.74) is 2.73. The number of nitrogens with one attached hydrogen (secondary N) is 1. The summed E-state index contributed by atoms with van der Waals surface area (Å²) in [5.74, 6) is 0.211. The van der Waals surface area contributed by atoms with Gasteiger partial charge in [0.1, 0.15) is 0 Å². The van der Waals surface area contributed by atoms with Crippen LogP contribution in [-0.2, 0) is 4.79 Å². The summed E-state index contributed by atoms with van der Waals surface area (Å²) in [6.45, 7) is 1.93. The molecule has 0 unspecified atom stereocenters. The third-order valence-corrected chi connectivity index (χ3v) is 4.41. The largest absolute Gasteiger partial charge is 0.325 e. The van der Waals surface area contributed by atoms with E-state index in [4.69, 9.17) is 11.6 Å². The molecule has 112 valence electrons. The molecule has 0 spiro atoms. The Kier molecular flexibility index (Phi) is 4.36. The smallest absolute Gasteiger partial charge is 0.234 e. The first kappa shape index (κ1) is 14.9. The highest BCUT2D eigenvalue weighted by atomic mass is 35.5. The zero-order valence-corrected chi connectivity index (χ0v) is 13.5. The first-order valence-corrected chi connectivity index (χ1v) is 8.11. The van der Waals surface area contributed by atoms with Gasteiger partial charge in [0.2, 0.25) is 5.91 Å². The Morgan fingerprint density at radius 2 is 2.23 bits per heavy atom. The molecule has 0 fully saturated rings. The zero-order valence-electron chi connectivity index (χ0n) is 11.9. The van der Waals surface area contributed by atoms with Gasteiger partial charge in [0.15, 0.2) is 5.16 Å². The van der Waals surface area contributed by atoms with E-state index in [1.807, 2.05) is 41.8 Å². The second-order valence-electron chi connectivity index (χ2n) is 4.83. The lowest BCUT2D eigenvalue weighted by Crippen LogP contribution is -2.15. The van der Waals surface area contributed by atoms with E-state index in [2.05, 4.69) is 10.3 Å². The summed E-state index contributed by atoms with van der Waals surface area (Å²) >= 11 is 7.35. The van der Waals surface area contributed by atoms with Gasteiger partial charge in [-0.25, -0.2) is 4.98 Å². The van der Waals surface area contributed by atoms with Crippen molar-refractivity contribution >= 4 is 40.5 Å². The molecule has 22 heavy (non-hydrogen) atoms. The maximum atomic E-state index is 12.1. The van der Waals surface area contributed by atoms with Gasteiger partial charge in [-0.1, -0.05) is 35.5 Å². The van der Waals surface area contributed by atoms with E-state index < -0.39 is 0 Å². The van der Waals surface area contributed by atoms with Gasteiger partial charge in [0.05, 0.1) is 17.5 Å². The highest BCUT2D eigenvalue weighted by molar-refractivity contribution is 7.99. The molecule has 0 aliphatic carbocycles. The normalized spacial score (nSPS) is 10.8. The fraction of sp³-hybridized carbons (Fsp3) is 0.125. The number of aromatic nitrogens is 2. The number of pyridine rings is 1. The lowest BCUT2D eigenvalue weighted by molar-refractivity contribution is -0.113. The average molecular weight is 332 g/mol. The van der Waals surface area contributed by atoms with E-state index in [9.17, 15) is 4.79 Å². The van der Waals surface area contributed by atoms with Crippen LogP contribution in [0.5, 0.6) is 0 Å². The number of carbonyl (C=O) groups excluding carboxylic acids is 1. The van der Waals surface area contributed by atoms with Crippen LogP contribution < -0.4 is 5.32 Å². The van der Waals surface area contributed by atoms with Crippen LogP contribution in [-0.4, -0.2) is 21.0 Å². The van der Waals surface area contributed by atoms with Crippen molar-refractivity contribution in [1.82, 2.24) is 9.38 Å². The molecule has 6 heteroatoms. The van der Waals surface area contributed by atoms with Gasteiger partial charge in [0, 0.05) is 16.9 Å². The van der Waals surface area contributed by atoms with Gasteiger partial charge in [-0.2, -0.15) is 0 Å². The maximum absolute atomic E-state index is 12.1. The number of nitrogens with zero attached hydrogens (tertiary/aromatic N) is 2. The van der Waals surface area contributed by atoms with E-state index in [1.165, 1.54) is 11.8 Å². The van der Waals surface area contributed by atoms with Gasteiger partial charge in [-0.15, -0.1) is 0 Å². The first-order chi connectivity index (χ1) is 10.6. The number of hydrogen-bond acceptors (Lipinski definition) is 3. The topological polar surface area (TPSA) is 46.4 Å². The zero-order chi connectivity index (χ0) is 15.5. The van der Waals surface area contributed by atoms with E-state index >= 15 is 0 Å². The van der Waals surface area contributed by atoms with Crippen molar-refractivity contribution in [2.24, 2.45) is 0 Å². The Hall–Kier alpha value is -1.98. The van der Waals surface area contributed by atoms with Crippen LogP contribution in [0.15, 0.2) is 53.9 Å². The molecule has 1 N–H and O–H groups in total. The van der Waals surface area contributed by atoms with Gasteiger partial charge in [-0.3, -0.25) is 9.20 Å². The molecule has 0 saturated heterocycles. The molecule has 3 aromatic rings. The van der Waals surface area contributed by atoms with Crippen LogP contribution in [0.2, 0.25) is 5.02 Å². The van der Waals surface area contributed by atoms with Crippen LogP contribution in [0.25, 0.3) is 5.52 Å².